The molecule has 0 radical (unpaired) electrons. The number of carbonyl (C=O) groups excluding carboxylic acids is 2. The normalized spacial score (nSPS) is 21.5. The summed E-state index contributed by atoms with van der Waals surface area (Å²) >= 11 is 0. The molecule has 1 aliphatic carbocycles. The number of piperidine rings is 1. The average molecular weight is 286 g/mol. The fourth-order valence-electron chi connectivity index (χ4n) is 3.57. The van der Waals surface area contributed by atoms with E-state index in [9.17, 15) is 9.59 Å². The van der Waals surface area contributed by atoms with E-state index in [2.05, 4.69) is 5.32 Å². The number of hydrogen-bond acceptors (Lipinski definition) is 3. The molecule has 1 atom stereocenters. The van der Waals surface area contributed by atoms with E-state index in [-0.39, 0.29) is 11.7 Å². The number of nitrogens with one attached hydrogen (secondary N) is 1. The van der Waals surface area contributed by atoms with Gasteiger partial charge in [-0.15, -0.1) is 0 Å². The molecule has 1 fully saturated rings. The molecular weight excluding hydrogens is 264 g/mol. The molecule has 0 aromatic heterocycles. The fourth-order valence-corrected chi connectivity index (χ4v) is 3.57. The number of amides is 1. The van der Waals surface area contributed by atoms with Crippen molar-refractivity contribution in [3.63, 3.8) is 0 Å². The van der Waals surface area contributed by atoms with E-state index in [1.54, 1.807) is 0 Å². The molecule has 112 valence electrons. The zero-order chi connectivity index (χ0) is 14.8. The molecule has 1 unspecified atom stereocenters. The van der Waals surface area contributed by atoms with Gasteiger partial charge in [0.25, 0.3) is 5.91 Å². The van der Waals surface area contributed by atoms with Crippen molar-refractivity contribution in [2.45, 2.75) is 25.7 Å². The van der Waals surface area contributed by atoms with E-state index in [4.69, 9.17) is 0 Å². The lowest BCUT2D eigenvalue weighted by Gasteiger charge is -2.33. The van der Waals surface area contributed by atoms with E-state index < -0.39 is 0 Å². The fraction of sp³-hybridized carbons (Fsp3) is 0.529. The number of carbonyl (C=O) groups is 2. The molecule has 1 saturated heterocycles. The molecule has 21 heavy (non-hydrogen) atoms. The Labute approximate surface area is 125 Å². The molecule has 1 aromatic carbocycles. The number of hydrogen-bond donors (Lipinski definition) is 1. The minimum atomic E-state index is 0.0994. The number of ketones is 1. The maximum absolute atomic E-state index is 12.8. The Morgan fingerprint density at radius 3 is 3.05 bits per heavy atom. The standard InChI is InChI=1S/C17H22N2O2/c1-18-10-12-4-3-9-19(11-12)17(21)15-6-2-5-14-13(15)7-8-16(14)20/h2,5-6,12,18H,3-4,7-11H2,1H3. The summed E-state index contributed by atoms with van der Waals surface area (Å²) in [6.07, 6.45) is 3.49. The van der Waals surface area contributed by atoms with Gasteiger partial charge in [0, 0.05) is 30.6 Å². The van der Waals surface area contributed by atoms with Gasteiger partial charge in [-0.25, -0.2) is 0 Å². The van der Waals surface area contributed by atoms with Gasteiger partial charge in [0.05, 0.1) is 0 Å². The summed E-state index contributed by atoms with van der Waals surface area (Å²) in [5, 5.41) is 3.20. The Morgan fingerprint density at radius 2 is 2.24 bits per heavy atom. The zero-order valence-electron chi connectivity index (χ0n) is 12.5. The Bertz CT molecular complexity index is 566. The first-order valence-electron chi connectivity index (χ1n) is 7.79. The second-order valence-electron chi connectivity index (χ2n) is 6.07. The molecular formula is C17H22N2O2. The van der Waals surface area contributed by atoms with Gasteiger partial charge in [0.1, 0.15) is 0 Å². The number of fused-ring (bicyclic) bond motifs is 1. The first-order chi connectivity index (χ1) is 10.2. The van der Waals surface area contributed by atoms with Crippen molar-refractivity contribution in [1.29, 1.82) is 0 Å². The van der Waals surface area contributed by atoms with Gasteiger partial charge in [-0.3, -0.25) is 9.59 Å². The highest BCUT2D eigenvalue weighted by Gasteiger charge is 2.29. The summed E-state index contributed by atoms with van der Waals surface area (Å²) in [6.45, 7) is 2.60. The molecule has 1 heterocycles. The van der Waals surface area contributed by atoms with Gasteiger partial charge < -0.3 is 10.2 Å². The highest BCUT2D eigenvalue weighted by atomic mass is 16.2. The van der Waals surface area contributed by atoms with Crippen molar-refractivity contribution in [2.24, 2.45) is 5.92 Å². The van der Waals surface area contributed by atoms with Gasteiger partial charge in [-0.05, 0) is 50.4 Å². The molecule has 0 spiro atoms. The third-order valence-electron chi connectivity index (χ3n) is 4.61. The van der Waals surface area contributed by atoms with Crippen LogP contribution in [0.15, 0.2) is 18.2 Å². The lowest BCUT2D eigenvalue weighted by molar-refractivity contribution is 0.0673. The Morgan fingerprint density at radius 1 is 1.38 bits per heavy atom. The number of nitrogens with zero attached hydrogens (tertiary/aromatic N) is 1. The van der Waals surface area contributed by atoms with E-state index in [1.165, 1.54) is 6.42 Å². The first-order valence-corrected chi connectivity index (χ1v) is 7.79. The number of Topliss-reactive ketones (excluding diaryl/α,β-unsaturated/α-hetero) is 1. The molecule has 1 N–H and O–H groups in total. The van der Waals surface area contributed by atoms with Crippen LogP contribution in [-0.4, -0.2) is 43.3 Å². The van der Waals surface area contributed by atoms with Crippen molar-refractivity contribution >= 4 is 11.7 Å². The van der Waals surface area contributed by atoms with Gasteiger partial charge in [0.2, 0.25) is 0 Å². The highest BCUT2D eigenvalue weighted by Crippen LogP contribution is 2.27. The second kappa shape index (κ2) is 5.98. The summed E-state index contributed by atoms with van der Waals surface area (Å²) in [5.74, 6) is 0.805. The molecule has 0 saturated carbocycles. The maximum atomic E-state index is 12.8. The summed E-state index contributed by atoms with van der Waals surface area (Å²) in [6, 6.07) is 5.56. The maximum Gasteiger partial charge on any atom is 0.254 e. The first kappa shape index (κ1) is 14.3. The predicted molar refractivity (Wildman–Crippen MR) is 81.6 cm³/mol. The monoisotopic (exact) mass is 286 g/mol. The quantitative estimate of drug-likeness (QED) is 0.923. The van der Waals surface area contributed by atoms with Crippen LogP contribution in [-0.2, 0) is 6.42 Å². The van der Waals surface area contributed by atoms with Gasteiger partial charge >= 0.3 is 0 Å². The Balaban J connectivity index is 1.81. The van der Waals surface area contributed by atoms with Crippen LogP contribution >= 0.6 is 0 Å². The topological polar surface area (TPSA) is 49.4 Å². The smallest absolute Gasteiger partial charge is 0.254 e. The minimum absolute atomic E-state index is 0.0994. The van der Waals surface area contributed by atoms with E-state index in [1.807, 2.05) is 30.1 Å². The molecule has 3 rings (SSSR count). The van der Waals surface area contributed by atoms with Gasteiger partial charge in [0.15, 0.2) is 5.78 Å². The third-order valence-corrected chi connectivity index (χ3v) is 4.61. The van der Waals surface area contributed by atoms with E-state index in [0.717, 1.165) is 42.7 Å². The van der Waals surface area contributed by atoms with E-state index in [0.29, 0.717) is 18.8 Å². The van der Waals surface area contributed by atoms with Crippen LogP contribution in [0.5, 0.6) is 0 Å². The van der Waals surface area contributed by atoms with Crippen LogP contribution in [0.1, 0.15) is 45.5 Å². The van der Waals surface area contributed by atoms with Crippen molar-refractivity contribution in [2.75, 3.05) is 26.7 Å². The van der Waals surface area contributed by atoms with Crippen LogP contribution in [0.25, 0.3) is 0 Å². The van der Waals surface area contributed by atoms with Gasteiger partial charge in [-0.1, -0.05) is 12.1 Å². The summed E-state index contributed by atoms with van der Waals surface area (Å²) in [4.78, 5) is 26.6. The lowest BCUT2D eigenvalue weighted by atomic mass is 9.96. The molecule has 2 aliphatic rings. The number of rotatable bonds is 3. The molecule has 4 heteroatoms. The largest absolute Gasteiger partial charge is 0.338 e. The predicted octanol–water partition coefficient (Wildman–Crippen LogP) is 1.89. The van der Waals surface area contributed by atoms with Crippen molar-refractivity contribution < 1.29 is 9.59 Å². The van der Waals surface area contributed by atoms with Crippen LogP contribution in [0.3, 0.4) is 0 Å². The van der Waals surface area contributed by atoms with Crippen molar-refractivity contribution in [1.82, 2.24) is 10.2 Å². The SMILES string of the molecule is CNCC1CCCN(C(=O)c2cccc3c2CCC3=O)C1. The zero-order valence-corrected chi connectivity index (χ0v) is 12.5. The van der Waals surface area contributed by atoms with Crippen molar-refractivity contribution in [3.8, 4) is 0 Å². The van der Waals surface area contributed by atoms with Crippen molar-refractivity contribution in [3.05, 3.63) is 34.9 Å². The summed E-state index contributed by atoms with van der Waals surface area (Å²) in [7, 11) is 1.95. The number of benzene rings is 1. The second-order valence-corrected chi connectivity index (χ2v) is 6.07. The summed E-state index contributed by atoms with van der Waals surface area (Å²) < 4.78 is 0. The molecule has 1 amide bonds. The Kier molecular flexibility index (Phi) is 4.06. The van der Waals surface area contributed by atoms with E-state index >= 15 is 0 Å². The van der Waals surface area contributed by atoms with Crippen LogP contribution in [0.2, 0.25) is 0 Å². The lowest BCUT2D eigenvalue weighted by Crippen LogP contribution is -2.42. The molecule has 0 bridgehead atoms. The molecule has 1 aromatic rings. The van der Waals surface area contributed by atoms with Crippen LogP contribution < -0.4 is 5.32 Å². The third kappa shape index (κ3) is 2.72. The Hall–Kier alpha value is -1.68. The average Bonchev–Trinajstić information content (AvgIpc) is 2.89. The minimum Gasteiger partial charge on any atom is -0.338 e. The molecule has 4 nitrogen and oxygen atoms in total. The summed E-state index contributed by atoms with van der Waals surface area (Å²) in [5.41, 5.74) is 2.45. The van der Waals surface area contributed by atoms with Gasteiger partial charge in [-0.2, -0.15) is 0 Å². The van der Waals surface area contributed by atoms with Crippen LogP contribution in [0.4, 0.5) is 0 Å². The number of likely N-dealkylation sites (tertiary alicyclic amines) is 1. The highest BCUT2D eigenvalue weighted by molar-refractivity contribution is 6.05. The molecule has 1 aliphatic heterocycles. The van der Waals surface area contributed by atoms with Crippen LogP contribution in [0, 0.1) is 5.92 Å².